The normalized spacial score (nSPS) is 20.5. The van der Waals surface area contributed by atoms with Gasteiger partial charge >= 0.3 is 6.36 Å². The van der Waals surface area contributed by atoms with Crippen molar-refractivity contribution in [1.82, 2.24) is 4.90 Å². The number of para-hydroxylation sites is 1. The zero-order chi connectivity index (χ0) is 32.2. The second-order valence-corrected chi connectivity index (χ2v) is 17.2. The lowest BCUT2D eigenvalue weighted by Crippen LogP contribution is -2.53. The molecule has 44 heavy (non-hydrogen) atoms. The minimum absolute atomic E-state index is 0.0211. The van der Waals surface area contributed by atoms with Crippen LogP contribution in [0, 0.1) is 17.7 Å². The molecule has 0 amide bonds. The fraction of sp³-hybridized carbons (Fsp3) is 0.412. The molecule has 3 aromatic rings. The number of hydrogen-bond donors (Lipinski definition) is 1. The lowest BCUT2D eigenvalue weighted by molar-refractivity contribution is -0.275. The van der Waals surface area contributed by atoms with E-state index in [9.17, 15) is 22.7 Å². The summed E-state index contributed by atoms with van der Waals surface area (Å²) in [6.45, 7) is 11.3. The highest BCUT2D eigenvalue weighted by molar-refractivity contribution is 6.74. The van der Waals surface area contributed by atoms with Gasteiger partial charge in [0.05, 0.1) is 19.1 Å². The van der Waals surface area contributed by atoms with Gasteiger partial charge in [0.2, 0.25) is 0 Å². The van der Waals surface area contributed by atoms with E-state index in [2.05, 4.69) is 37.3 Å². The lowest BCUT2D eigenvalue weighted by atomic mass is 9.92. The van der Waals surface area contributed by atoms with Crippen molar-refractivity contribution < 1.29 is 36.6 Å². The van der Waals surface area contributed by atoms with E-state index < -0.39 is 44.0 Å². The minimum Gasteiger partial charge on any atom is -0.415 e. The van der Waals surface area contributed by atoms with E-state index >= 15 is 0 Å². The number of alkyl halides is 3. The van der Waals surface area contributed by atoms with Crippen molar-refractivity contribution in [2.75, 3.05) is 19.8 Å². The SMILES string of the molecule is CC(C)(C)[Si](C)(C)OCC(C#CC1(O)OCCN(Cc2ccccc2)C1c1ccc(F)cc1)c1ccccc1OC(F)(F)F. The van der Waals surface area contributed by atoms with Crippen LogP contribution in [0.5, 0.6) is 5.75 Å². The zero-order valence-electron chi connectivity index (χ0n) is 25.6. The number of aliphatic hydroxyl groups is 1. The Morgan fingerprint density at radius 1 is 1.00 bits per heavy atom. The summed E-state index contributed by atoms with van der Waals surface area (Å²) in [5, 5.41) is 11.9. The van der Waals surface area contributed by atoms with Gasteiger partial charge in [-0.15, -0.1) is 13.2 Å². The number of morpholine rings is 1. The van der Waals surface area contributed by atoms with E-state index in [1.54, 1.807) is 18.2 Å². The summed E-state index contributed by atoms with van der Waals surface area (Å²) in [6.07, 6.45) is -4.91. The predicted octanol–water partition coefficient (Wildman–Crippen LogP) is 7.80. The summed E-state index contributed by atoms with van der Waals surface area (Å²) < 4.78 is 70.7. The molecule has 1 fully saturated rings. The van der Waals surface area contributed by atoms with Crippen LogP contribution < -0.4 is 4.74 Å². The molecule has 3 aromatic carbocycles. The van der Waals surface area contributed by atoms with Crippen LogP contribution in [0.15, 0.2) is 78.9 Å². The van der Waals surface area contributed by atoms with Crippen LogP contribution in [-0.2, 0) is 15.7 Å². The van der Waals surface area contributed by atoms with Gasteiger partial charge in [0.25, 0.3) is 5.79 Å². The quantitative estimate of drug-likeness (QED) is 0.157. The standard InChI is InChI=1S/C34H39F4NO4Si/c1-32(2,3)44(4,5)42-24-27(29-13-9-10-14-30(29)43-34(36,37)38)19-20-33(40)31(26-15-17-28(35)18-16-26)39(21-22-41-33)23-25-11-7-6-8-12-25/h6-18,27,31,40H,21-24H2,1-5H3. The first-order valence-corrected chi connectivity index (χ1v) is 17.4. The van der Waals surface area contributed by atoms with Gasteiger partial charge in [0.1, 0.15) is 17.6 Å². The summed E-state index contributed by atoms with van der Waals surface area (Å²) in [6, 6.07) is 20.4. The van der Waals surface area contributed by atoms with Crippen molar-refractivity contribution >= 4 is 8.32 Å². The van der Waals surface area contributed by atoms with Crippen LogP contribution >= 0.6 is 0 Å². The van der Waals surface area contributed by atoms with Crippen LogP contribution in [0.2, 0.25) is 18.1 Å². The van der Waals surface area contributed by atoms with E-state index in [0.717, 1.165) is 5.56 Å². The van der Waals surface area contributed by atoms with Crippen LogP contribution in [0.3, 0.4) is 0 Å². The highest BCUT2D eigenvalue weighted by Gasteiger charge is 2.45. The molecular weight excluding hydrogens is 590 g/mol. The lowest BCUT2D eigenvalue weighted by Gasteiger charge is -2.44. The molecule has 5 nitrogen and oxygen atoms in total. The molecule has 0 saturated carbocycles. The Balaban J connectivity index is 1.78. The van der Waals surface area contributed by atoms with E-state index in [0.29, 0.717) is 18.7 Å². The topological polar surface area (TPSA) is 51.2 Å². The van der Waals surface area contributed by atoms with Gasteiger partial charge in [-0.3, -0.25) is 4.90 Å². The molecule has 0 aliphatic carbocycles. The number of rotatable bonds is 8. The largest absolute Gasteiger partial charge is 0.573 e. The second kappa shape index (κ2) is 13.4. The Hall–Kier alpha value is -3.20. The summed E-state index contributed by atoms with van der Waals surface area (Å²) in [5.74, 6) is 2.11. The van der Waals surface area contributed by atoms with E-state index in [1.807, 2.05) is 48.3 Å². The van der Waals surface area contributed by atoms with Crippen LogP contribution in [0.1, 0.15) is 49.4 Å². The zero-order valence-corrected chi connectivity index (χ0v) is 26.6. The first-order valence-electron chi connectivity index (χ1n) is 14.5. The fourth-order valence-electron chi connectivity index (χ4n) is 4.84. The maximum absolute atomic E-state index is 13.9. The molecule has 236 valence electrons. The molecule has 3 atom stereocenters. The molecule has 4 rings (SSSR count). The highest BCUT2D eigenvalue weighted by atomic mass is 28.4. The molecule has 0 radical (unpaired) electrons. The fourth-order valence-corrected chi connectivity index (χ4v) is 5.86. The average molecular weight is 630 g/mol. The van der Waals surface area contributed by atoms with Crippen molar-refractivity contribution in [3.63, 3.8) is 0 Å². The minimum atomic E-state index is -4.91. The third-order valence-electron chi connectivity index (χ3n) is 8.21. The van der Waals surface area contributed by atoms with Gasteiger partial charge in [0.15, 0.2) is 8.32 Å². The highest BCUT2D eigenvalue weighted by Crippen LogP contribution is 2.40. The first-order chi connectivity index (χ1) is 20.6. The third-order valence-corrected chi connectivity index (χ3v) is 12.7. The monoisotopic (exact) mass is 629 g/mol. The van der Waals surface area contributed by atoms with Gasteiger partial charge in [0, 0.05) is 18.7 Å². The van der Waals surface area contributed by atoms with Gasteiger partial charge in [-0.1, -0.05) is 87.4 Å². The molecule has 10 heteroatoms. The molecule has 3 unspecified atom stereocenters. The molecule has 1 aliphatic rings. The van der Waals surface area contributed by atoms with Crippen molar-refractivity contribution in [2.45, 2.75) is 69.6 Å². The number of halogens is 4. The average Bonchev–Trinajstić information content (AvgIpc) is 2.94. The molecule has 0 aromatic heterocycles. The van der Waals surface area contributed by atoms with Gasteiger partial charge in [-0.05, 0) is 53.4 Å². The van der Waals surface area contributed by atoms with E-state index in [-0.39, 0.29) is 23.8 Å². The van der Waals surface area contributed by atoms with Gasteiger partial charge < -0.3 is 19.0 Å². The molecule has 1 saturated heterocycles. The predicted molar refractivity (Wildman–Crippen MR) is 164 cm³/mol. The molecule has 0 spiro atoms. The number of benzene rings is 3. The third kappa shape index (κ3) is 8.49. The summed E-state index contributed by atoms with van der Waals surface area (Å²) in [4.78, 5) is 2.00. The van der Waals surface area contributed by atoms with E-state index in [4.69, 9.17) is 9.16 Å². The van der Waals surface area contributed by atoms with Crippen molar-refractivity contribution in [3.8, 4) is 17.6 Å². The Labute approximate surface area is 257 Å². The maximum Gasteiger partial charge on any atom is 0.573 e. The number of hydrogen-bond acceptors (Lipinski definition) is 5. The van der Waals surface area contributed by atoms with Gasteiger partial charge in [-0.2, -0.15) is 0 Å². The van der Waals surface area contributed by atoms with Crippen molar-refractivity contribution in [1.29, 1.82) is 0 Å². The molecule has 1 aliphatic heterocycles. The van der Waals surface area contributed by atoms with Gasteiger partial charge in [-0.25, -0.2) is 4.39 Å². The van der Waals surface area contributed by atoms with Crippen molar-refractivity contribution in [3.05, 3.63) is 101 Å². The summed E-state index contributed by atoms with van der Waals surface area (Å²) in [5.41, 5.74) is 1.75. The number of ether oxygens (including phenoxy) is 2. The Bertz CT molecular complexity index is 1450. The van der Waals surface area contributed by atoms with Crippen molar-refractivity contribution in [2.24, 2.45) is 0 Å². The van der Waals surface area contributed by atoms with Crippen LogP contribution in [0.4, 0.5) is 17.6 Å². The second-order valence-electron chi connectivity index (χ2n) is 12.4. The molecule has 1 heterocycles. The maximum atomic E-state index is 13.9. The first kappa shape index (κ1) is 33.7. The number of nitrogens with zero attached hydrogens (tertiary/aromatic N) is 1. The van der Waals surface area contributed by atoms with E-state index in [1.165, 1.54) is 30.3 Å². The van der Waals surface area contributed by atoms with Crippen LogP contribution in [0.25, 0.3) is 0 Å². The molecule has 1 N–H and O–H groups in total. The summed E-state index contributed by atoms with van der Waals surface area (Å²) >= 11 is 0. The Morgan fingerprint density at radius 3 is 2.27 bits per heavy atom. The Kier molecular flexibility index (Phi) is 10.3. The van der Waals surface area contributed by atoms with Crippen LogP contribution in [-0.4, -0.2) is 50.2 Å². The Morgan fingerprint density at radius 2 is 1.64 bits per heavy atom. The smallest absolute Gasteiger partial charge is 0.415 e. The summed E-state index contributed by atoms with van der Waals surface area (Å²) in [7, 11) is -2.35. The molecule has 0 bridgehead atoms. The molecular formula is C34H39F4NO4Si.